The lowest BCUT2D eigenvalue weighted by Crippen LogP contribution is -2.31. The second-order valence-electron chi connectivity index (χ2n) is 6.04. The molecule has 2 N–H and O–H groups in total. The number of hydrogen-bond donors (Lipinski definition) is 1. The van der Waals surface area contributed by atoms with E-state index in [9.17, 15) is 0 Å². The fourth-order valence-electron chi connectivity index (χ4n) is 3.40. The van der Waals surface area contributed by atoms with Crippen molar-refractivity contribution in [1.82, 2.24) is 4.90 Å². The summed E-state index contributed by atoms with van der Waals surface area (Å²) in [6.07, 6.45) is 1.22. The first kappa shape index (κ1) is 14.5. The molecule has 1 heterocycles. The fraction of sp³-hybridized carbons (Fsp3) is 0.444. The van der Waals surface area contributed by atoms with Gasteiger partial charge >= 0.3 is 0 Å². The van der Waals surface area contributed by atoms with Gasteiger partial charge in [0.1, 0.15) is 0 Å². The average Bonchev–Trinajstić information content (AvgIpc) is 2.94. The molecule has 1 saturated heterocycles. The summed E-state index contributed by atoms with van der Waals surface area (Å²) < 4.78 is 5.26. The molecule has 0 aliphatic carbocycles. The number of methoxy groups -OCH3 is 1. The fourth-order valence-corrected chi connectivity index (χ4v) is 3.40. The van der Waals surface area contributed by atoms with Gasteiger partial charge in [0, 0.05) is 26.2 Å². The maximum atomic E-state index is 6.49. The van der Waals surface area contributed by atoms with Gasteiger partial charge in [-0.05, 0) is 35.2 Å². The molecule has 3 nitrogen and oxygen atoms in total. The van der Waals surface area contributed by atoms with Crippen molar-refractivity contribution in [3.8, 4) is 0 Å². The van der Waals surface area contributed by atoms with Crippen molar-refractivity contribution >= 4 is 10.8 Å². The van der Waals surface area contributed by atoms with E-state index in [0.29, 0.717) is 5.92 Å². The van der Waals surface area contributed by atoms with Crippen LogP contribution in [0.2, 0.25) is 0 Å². The molecule has 1 aliphatic rings. The van der Waals surface area contributed by atoms with Gasteiger partial charge in [0.15, 0.2) is 0 Å². The van der Waals surface area contributed by atoms with Crippen LogP contribution in [-0.4, -0.2) is 38.3 Å². The zero-order chi connectivity index (χ0) is 14.7. The highest BCUT2D eigenvalue weighted by Crippen LogP contribution is 2.25. The Labute approximate surface area is 126 Å². The molecule has 0 amide bonds. The SMILES string of the molecule is COCC1CCN(CC(N)c2cccc3ccccc23)C1. The number of benzene rings is 2. The van der Waals surface area contributed by atoms with Crippen molar-refractivity contribution in [2.75, 3.05) is 33.4 Å². The number of ether oxygens (including phenoxy) is 1. The lowest BCUT2D eigenvalue weighted by molar-refractivity contribution is 0.152. The van der Waals surface area contributed by atoms with Crippen LogP contribution in [0.15, 0.2) is 42.5 Å². The number of rotatable bonds is 5. The highest BCUT2D eigenvalue weighted by atomic mass is 16.5. The molecule has 21 heavy (non-hydrogen) atoms. The van der Waals surface area contributed by atoms with Gasteiger partial charge in [0.25, 0.3) is 0 Å². The first-order valence-electron chi connectivity index (χ1n) is 7.72. The van der Waals surface area contributed by atoms with Gasteiger partial charge in [-0.3, -0.25) is 0 Å². The Hall–Kier alpha value is -1.42. The third-order valence-electron chi connectivity index (χ3n) is 4.45. The highest BCUT2D eigenvalue weighted by Gasteiger charge is 2.24. The highest BCUT2D eigenvalue weighted by molar-refractivity contribution is 5.86. The van der Waals surface area contributed by atoms with E-state index in [2.05, 4.69) is 47.4 Å². The first-order valence-corrected chi connectivity index (χ1v) is 7.72. The normalized spacial score (nSPS) is 21.0. The minimum Gasteiger partial charge on any atom is -0.384 e. The molecule has 1 aliphatic heterocycles. The number of nitrogens with two attached hydrogens (primary N) is 1. The molecule has 1 fully saturated rings. The summed E-state index contributed by atoms with van der Waals surface area (Å²) in [5, 5.41) is 2.55. The van der Waals surface area contributed by atoms with Crippen LogP contribution in [0.3, 0.4) is 0 Å². The molecule has 0 saturated carbocycles. The van der Waals surface area contributed by atoms with E-state index in [4.69, 9.17) is 10.5 Å². The van der Waals surface area contributed by atoms with Crippen molar-refractivity contribution in [2.45, 2.75) is 12.5 Å². The van der Waals surface area contributed by atoms with Crippen molar-refractivity contribution in [3.05, 3.63) is 48.0 Å². The number of hydrogen-bond acceptors (Lipinski definition) is 3. The molecule has 2 aromatic carbocycles. The Morgan fingerprint density at radius 2 is 2.05 bits per heavy atom. The van der Waals surface area contributed by atoms with Crippen LogP contribution in [0.5, 0.6) is 0 Å². The molecule has 2 atom stereocenters. The molecule has 2 aromatic rings. The van der Waals surface area contributed by atoms with Gasteiger partial charge in [0.05, 0.1) is 6.61 Å². The Morgan fingerprint density at radius 1 is 1.24 bits per heavy atom. The van der Waals surface area contributed by atoms with Crippen LogP contribution in [0.4, 0.5) is 0 Å². The summed E-state index contributed by atoms with van der Waals surface area (Å²) in [6.45, 7) is 4.02. The average molecular weight is 284 g/mol. The summed E-state index contributed by atoms with van der Waals surface area (Å²) in [5.74, 6) is 0.662. The first-order chi connectivity index (χ1) is 10.3. The van der Waals surface area contributed by atoms with E-state index in [1.807, 2.05) is 0 Å². The van der Waals surface area contributed by atoms with Gasteiger partial charge in [-0.2, -0.15) is 0 Å². The number of likely N-dealkylation sites (tertiary alicyclic amines) is 1. The van der Waals surface area contributed by atoms with Gasteiger partial charge in [0.2, 0.25) is 0 Å². The molecule has 0 bridgehead atoms. The Bertz CT molecular complexity index is 593. The third-order valence-corrected chi connectivity index (χ3v) is 4.45. The third kappa shape index (κ3) is 3.26. The summed E-state index contributed by atoms with van der Waals surface area (Å²) in [4.78, 5) is 2.47. The predicted octanol–water partition coefficient (Wildman–Crippen LogP) is 2.81. The lowest BCUT2D eigenvalue weighted by atomic mass is 9.99. The molecule has 3 heteroatoms. The smallest absolute Gasteiger partial charge is 0.0503 e. The standard InChI is InChI=1S/C18H24N2O/c1-21-13-14-9-10-20(11-14)12-18(19)17-8-4-6-15-5-2-3-7-16(15)17/h2-8,14,18H,9-13,19H2,1H3. The predicted molar refractivity (Wildman–Crippen MR) is 87.3 cm³/mol. The summed E-state index contributed by atoms with van der Waals surface area (Å²) >= 11 is 0. The summed E-state index contributed by atoms with van der Waals surface area (Å²) in [6, 6.07) is 15.0. The molecule has 2 unspecified atom stereocenters. The largest absolute Gasteiger partial charge is 0.384 e. The molecular formula is C18H24N2O. The van der Waals surface area contributed by atoms with E-state index in [1.165, 1.54) is 22.8 Å². The second-order valence-corrected chi connectivity index (χ2v) is 6.04. The van der Waals surface area contributed by atoms with Gasteiger partial charge in [-0.25, -0.2) is 0 Å². The molecular weight excluding hydrogens is 260 g/mol. The number of fused-ring (bicyclic) bond motifs is 1. The minimum atomic E-state index is 0.0670. The molecule has 0 aromatic heterocycles. The van der Waals surface area contributed by atoms with Crippen LogP contribution in [0.1, 0.15) is 18.0 Å². The van der Waals surface area contributed by atoms with Gasteiger partial charge in [-0.15, -0.1) is 0 Å². The summed E-state index contributed by atoms with van der Waals surface area (Å²) in [7, 11) is 1.78. The lowest BCUT2D eigenvalue weighted by Gasteiger charge is -2.22. The van der Waals surface area contributed by atoms with E-state index in [1.54, 1.807) is 7.11 Å². The second kappa shape index (κ2) is 6.56. The van der Waals surface area contributed by atoms with E-state index < -0.39 is 0 Å². The van der Waals surface area contributed by atoms with Gasteiger partial charge < -0.3 is 15.4 Å². The summed E-state index contributed by atoms with van der Waals surface area (Å²) in [5.41, 5.74) is 7.74. The van der Waals surface area contributed by atoms with E-state index in [-0.39, 0.29) is 6.04 Å². The molecule has 3 rings (SSSR count). The zero-order valence-electron chi connectivity index (χ0n) is 12.7. The van der Waals surface area contributed by atoms with Crippen LogP contribution >= 0.6 is 0 Å². The van der Waals surface area contributed by atoms with Gasteiger partial charge in [-0.1, -0.05) is 42.5 Å². The van der Waals surface area contributed by atoms with Crippen molar-refractivity contribution in [1.29, 1.82) is 0 Å². The Morgan fingerprint density at radius 3 is 2.90 bits per heavy atom. The Kier molecular flexibility index (Phi) is 4.54. The number of nitrogens with zero attached hydrogens (tertiary/aromatic N) is 1. The van der Waals surface area contributed by atoms with Crippen LogP contribution in [0, 0.1) is 5.92 Å². The maximum absolute atomic E-state index is 6.49. The molecule has 0 spiro atoms. The molecule has 0 radical (unpaired) electrons. The Balaban J connectivity index is 1.71. The zero-order valence-corrected chi connectivity index (χ0v) is 12.7. The van der Waals surface area contributed by atoms with Crippen LogP contribution < -0.4 is 5.73 Å². The van der Waals surface area contributed by atoms with Crippen molar-refractivity contribution in [2.24, 2.45) is 11.7 Å². The van der Waals surface area contributed by atoms with Crippen LogP contribution in [0.25, 0.3) is 10.8 Å². The van der Waals surface area contributed by atoms with E-state index in [0.717, 1.165) is 26.2 Å². The monoisotopic (exact) mass is 284 g/mol. The van der Waals surface area contributed by atoms with E-state index >= 15 is 0 Å². The maximum Gasteiger partial charge on any atom is 0.0503 e. The quantitative estimate of drug-likeness (QED) is 0.917. The van der Waals surface area contributed by atoms with Crippen molar-refractivity contribution < 1.29 is 4.74 Å². The van der Waals surface area contributed by atoms with Crippen LogP contribution in [-0.2, 0) is 4.74 Å². The minimum absolute atomic E-state index is 0.0670. The van der Waals surface area contributed by atoms with Crippen molar-refractivity contribution in [3.63, 3.8) is 0 Å². The molecule has 112 valence electrons. The topological polar surface area (TPSA) is 38.5 Å².